The maximum absolute atomic E-state index is 11.4. The van der Waals surface area contributed by atoms with Crippen LogP contribution >= 0.6 is 15.9 Å². The number of nitrogens with zero attached hydrogens (tertiary/aromatic N) is 3. The van der Waals surface area contributed by atoms with Crippen molar-refractivity contribution in [3.63, 3.8) is 0 Å². The number of halogens is 1. The first kappa shape index (κ1) is 12.3. The Bertz CT molecular complexity index is 642. The van der Waals surface area contributed by atoms with Crippen LogP contribution in [0.1, 0.15) is 16.1 Å². The van der Waals surface area contributed by atoms with Gasteiger partial charge in [0.25, 0.3) is 5.91 Å². The van der Waals surface area contributed by atoms with Gasteiger partial charge in [0.15, 0.2) is 5.69 Å². The third kappa shape index (κ3) is 2.26. The fraction of sp³-hybridized carbons (Fsp3) is 0.0833. The van der Waals surface area contributed by atoms with E-state index in [0.717, 1.165) is 4.47 Å². The van der Waals surface area contributed by atoms with Crippen molar-refractivity contribution in [2.75, 3.05) is 7.05 Å². The van der Waals surface area contributed by atoms with Crippen LogP contribution in [0.5, 0.6) is 0 Å². The molecule has 0 aliphatic rings. The Morgan fingerprint density at radius 3 is 2.94 bits per heavy atom. The van der Waals surface area contributed by atoms with Crippen molar-refractivity contribution < 1.29 is 4.79 Å². The van der Waals surface area contributed by atoms with Crippen molar-refractivity contribution in [3.8, 4) is 11.8 Å². The zero-order chi connectivity index (χ0) is 13.1. The van der Waals surface area contributed by atoms with Crippen LogP contribution in [0, 0.1) is 11.3 Å². The molecule has 0 unspecified atom stereocenters. The average molecular weight is 305 g/mol. The third-order valence-corrected chi connectivity index (χ3v) is 2.87. The Balaban J connectivity index is 2.47. The van der Waals surface area contributed by atoms with Crippen molar-refractivity contribution in [1.82, 2.24) is 15.1 Å². The van der Waals surface area contributed by atoms with E-state index in [9.17, 15) is 4.79 Å². The Morgan fingerprint density at radius 2 is 2.28 bits per heavy atom. The molecule has 0 aliphatic carbocycles. The normalized spacial score (nSPS) is 9.83. The Hall–Kier alpha value is -2.13. The van der Waals surface area contributed by atoms with E-state index < -0.39 is 0 Å². The van der Waals surface area contributed by atoms with Crippen molar-refractivity contribution >= 4 is 21.8 Å². The van der Waals surface area contributed by atoms with E-state index in [1.807, 2.05) is 6.07 Å². The molecule has 18 heavy (non-hydrogen) atoms. The van der Waals surface area contributed by atoms with Crippen LogP contribution in [0.3, 0.4) is 0 Å². The molecule has 5 nitrogen and oxygen atoms in total. The fourth-order valence-electron chi connectivity index (χ4n) is 1.50. The van der Waals surface area contributed by atoms with Crippen LogP contribution < -0.4 is 5.32 Å². The van der Waals surface area contributed by atoms with Gasteiger partial charge in [-0.1, -0.05) is 15.9 Å². The first-order valence-corrected chi connectivity index (χ1v) is 5.93. The first-order chi connectivity index (χ1) is 8.65. The van der Waals surface area contributed by atoms with Crippen LogP contribution in [-0.2, 0) is 0 Å². The summed E-state index contributed by atoms with van der Waals surface area (Å²) in [4.78, 5) is 11.4. The van der Waals surface area contributed by atoms with Crippen molar-refractivity contribution in [2.45, 2.75) is 0 Å². The van der Waals surface area contributed by atoms with Crippen LogP contribution in [0.2, 0.25) is 0 Å². The number of nitriles is 1. The second-order valence-corrected chi connectivity index (χ2v) is 4.41. The molecule has 0 bridgehead atoms. The van der Waals surface area contributed by atoms with Gasteiger partial charge in [-0.3, -0.25) is 4.79 Å². The van der Waals surface area contributed by atoms with Crippen LogP contribution in [-0.4, -0.2) is 22.7 Å². The third-order valence-electron chi connectivity index (χ3n) is 2.37. The predicted octanol–water partition coefficient (Wildman–Crippen LogP) is 1.87. The minimum atomic E-state index is -0.260. The molecule has 0 saturated heterocycles. The van der Waals surface area contributed by atoms with E-state index in [1.54, 1.807) is 31.4 Å². The van der Waals surface area contributed by atoms with Gasteiger partial charge in [-0.2, -0.15) is 10.4 Å². The quantitative estimate of drug-likeness (QED) is 0.920. The van der Waals surface area contributed by atoms with E-state index in [0.29, 0.717) is 16.9 Å². The molecule has 1 aromatic carbocycles. The zero-order valence-corrected chi connectivity index (χ0v) is 11.1. The number of hydrogen-bond acceptors (Lipinski definition) is 3. The SMILES string of the molecule is CNC(=O)c1ccn(-c2ccc(Br)cc2C#N)n1. The topological polar surface area (TPSA) is 70.7 Å². The molecule has 0 aliphatic heterocycles. The number of benzene rings is 1. The molecular weight excluding hydrogens is 296 g/mol. The minimum absolute atomic E-state index is 0.260. The van der Waals surface area contributed by atoms with Crippen LogP contribution in [0.15, 0.2) is 34.9 Å². The molecule has 1 aromatic heterocycles. The summed E-state index contributed by atoms with van der Waals surface area (Å²) in [7, 11) is 1.54. The molecule has 1 heterocycles. The van der Waals surface area contributed by atoms with Gasteiger partial charge in [0.05, 0.1) is 11.3 Å². The summed E-state index contributed by atoms with van der Waals surface area (Å²) in [5.74, 6) is -0.260. The predicted molar refractivity (Wildman–Crippen MR) is 69.4 cm³/mol. The highest BCUT2D eigenvalue weighted by Gasteiger charge is 2.10. The highest BCUT2D eigenvalue weighted by atomic mass is 79.9. The zero-order valence-electron chi connectivity index (χ0n) is 9.51. The number of carbonyl (C=O) groups excluding carboxylic acids is 1. The molecule has 2 aromatic rings. The number of aromatic nitrogens is 2. The summed E-state index contributed by atoms with van der Waals surface area (Å²) < 4.78 is 2.33. The fourth-order valence-corrected chi connectivity index (χ4v) is 1.87. The summed E-state index contributed by atoms with van der Waals surface area (Å²) in [6, 6.07) is 8.98. The highest BCUT2D eigenvalue weighted by molar-refractivity contribution is 9.10. The number of nitrogens with one attached hydrogen (secondary N) is 1. The summed E-state index contributed by atoms with van der Waals surface area (Å²) >= 11 is 3.30. The smallest absolute Gasteiger partial charge is 0.271 e. The van der Waals surface area contributed by atoms with Gasteiger partial charge in [-0.05, 0) is 24.3 Å². The maximum atomic E-state index is 11.4. The molecule has 1 amide bonds. The minimum Gasteiger partial charge on any atom is -0.354 e. The molecule has 0 radical (unpaired) electrons. The van der Waals surface area contributed by atoms with Gasteiger partial charge < -0.3 is 5.32 Å². The van der Waals surface area contributed by atoms with Gasteiger partial charge in [0.2, 0.25) is 0 Å². The second kappa shape index (κ2) is 5.02. The molecule has 0 fully saturated rings. The van der Waals surface area contributed by atoms with E-state index in [-0.39, 0.29) is 5.91 Å². The molecule has 0 atom stereocenters. The Kier molecular flexibility index (Phi) is 3.44. The number of hydrogen-bond donors (Lipinski definition) is 1. The van der Waals surface area contributed by atoms with E-state index in [4.69, 9.17) is 5.26 Å². The highest BCUT2D eigenvalue weighted by Crippen LogP contribution is 2.19. The number of rotatable bonds is 2. The largest absolute Gasteiger partial charge is 0.354 e. The van der Waals surface area contributed by atoms with E-state index >= 15 is 0 Å². The monoisotopic (exact) mass is 304 g/mol. The first-order valence-electron chi connectivity index (χ1n) is 5.13. The van der Waals surface area contributed by atoms with Crippen molar-refractivity contribution in [3.05, 3.63) is 46.2 Å². The van der Waals surface area contributed by atoms with Gasteiger partial charge in [-0.15, -0.1) is 0 Å². The lowest BCUT2D eigenvalue weighted by Crippen LogP contribution is -2.18. The van der Waals surface area contributed by atoms with Gasteiger partial charge in [-0.25, -0.2) is 4.68 Å². The van der Waals surface area contributed by atoms with Crippen molar-refractivity contribution in [2.24, 2.45) is 0 Å². The molecule has 6 heteroatoms. The summed E-state index contributed by atoms with van der Waals surface area (Å²) in [5, 5.41) is 15.7. The van der Waals surface area contributed by atoms with E-state index in [1.165, 1.54) is 4.68 Å². The summed E-state index contributed by atoms with van der Waals surface area (Å²) in [5.41, 5.74) is 1.43. The van der Waals surface area contributed by atoms with Crippen molar-refractivity contribution in [1.29, 1.82) is 5.26 Å². The van der Waals surface area contributed by atoms with Gasteiger partial charge in [0, 0.05) is 17.7 Å². The molecule has 0 saturated carbocycles. The molecular formula is C12H9BrN4O. The average Bonchev–Trinajstić information content (AvgIpc) is 2.87. The maximum Gasteiger partial charge on any atom is 0.271 e. The number of amides is 1. The van der Waals surface area contributed by atoms with E-state index in [2.05, 4.69) is 32.4 Å². The summed E-state index contributed by atoms with van der Waals surface area (Å²) in [6.07, 6.45) is 1.65. The van der Waals surface area contributed by atoms with Gasteiger partial charge >= 0.3 is 0 Å². The standard InChI is InChI=1S/C12H9BrN4O/c1-15-12(18)10-4-5-17(16-10)11-3-2-9(13)6-8(11)7-14/h2-6H,1H3,(H,15,18). The molecule has 1 N–H and O–H groups in total. The lowest BCUT2D eigenvalue weighted by molar-refractivity contribution is 0.0957. The number of carbonyl (C=O) groups is 1. The molecule has 2 rings (SSSR count). The molecule has 0 spiro atoms. The lowest BCUT2D eigenvalue weighted by Gasteiger charge is -2.04. The lowest BCUT2D eigenvalue weighted by atomic mass is 10.2. The summed E-state index contributed by atoms with van der Waals surface area (Å²) in [6.45, 7) is 0. The Labute approximate surface area is 112 Å². The Morgan fingerprint density at radius 1 is 1.50 bits per heavy atom. The second-order valence-electron chi connectivity index (χ2n) is 3.50. The molecule has 90 valence electrons. The van der Waals surface area contributed by atoms with Crippen LogP contribution in [0.25, 0.3) is 5.69 Å². The van der Waals surface area contributed by atoms with Crippen LogP contribution in [0.4, 0.5) is 0 Å². The van der Waals surface area contributed by atoms with Gasteiger partial charge in [0.1, 0.15) is 6.07 Å².